The highest BCUT2D eigenvalue weighted by molar-refractivity contribution is 7.18. The minimum atomic E-state index is -0.670. The first-order valence-electron chi connectivity index (χ1n) is 10.5. The molecule has 8 nitrogen and oxygen atoms in total. The van der Waals surface area contributed by atoms with Gasteiger partial charge in [0.15, 0.2) is 0 Å². The molecule has 0 unspecified atom stereocenters. The molecule has 3 aromatic rings. The zero-order chi connectivity index (χ0) is 24.2. The summed E-state index contributed by atoms with van der Waals surface area (Å²) in [5, 5.41) is 15.1. The molecule has 1 aliphatic rings. The van der Waals surface area contributed by atoms with Crippen molar-refractivity contribution in [3.05, 3.63) is 80.1 Å². The number of aliphatic hydroxyl groups is 1. The van der Waals surface area contributed by atoms with Crippen LogP contribution >= 0.6 is 22.9 Å². The summed E-state index contributed by atoms with van der Waals surface area (Å²) in [5.41, 5.74) is 0.0436. The second-order valence-corrected chi connectivity index (χ2v) is 9.66. The van der Waals surface area contributed by atoms with Crippen LogP contribution in [0.15, 0.2) is 59.5 Å². The smallest absolute Gasteiger partial charge is 0.261 e. The van der Waals surface area contributed by atoms with Crippen LogP contribution < -0.4 is 16.2 Å². The molecule has 2 amide bonds. The Hall–Kier alpha value is -3.05. The van der Waals surface area contributed by atoms with E-state index in [9.17, 15) is 23.9 Å². The Bertz CT molecular complexity index is 1260. The molecule has 1 saturated heterocycles. The molecular formula is C23H22ClFN4O4S. The maximum atomic E-state index is 14.6. The Kier molecular flexibility index (Phi) is 7.42. The van der Waals surface area contributed by atoms with Crippen molar-refractivity contribution in [1.82, 2.24) is 14.8 Å². The van der Waals surface area contributed by atoms with Crippen molar-refractivity contribution in [2.45, 2.75) is 6.04 Å². The number of nitrogens with zero attached hydrogens (tertiary/aromatic N) is 2. The van der Waals surface area contributed by atoms with Gasteiger partial charge in [-0.2, -0.15) is 0 Å². The summed E-state index contributed by atoms with van der Waals surface area (Å²) in [7, 11) is 0. The average Bonchev–Trinajstić information content (AvgIpc) is 3.41. The van der Waals surface area contributed by atoms with Crippen LogP contribution in [0.3, 0.4) is 0 Å². The molecular weight excluding hydrogens is 483 g/mol. The molecule has 0 saturated carbocycles. The fourth-order valence-corrected chi connectivity index (χ4v) is 4.85. The highest BCUT2D eigenvalue weighted by atomic mass is 35.5. The van der Waals surface area contributed by atoms with Crippen molar-refractivity contribution < 1.29 is 19.1 Å². The van der Waals surface area contributed by atoms with Crippen LogP contribution in [-0.4, -0.2) is 58.7 Å². The van der Waals surface area contributed by atoms with Gasteiger partial charge in [-0.1, -0.05) is 17.7 Å². The molecule has 1 aromatic carbocycles. The van der Waals surface area contributed by atoms with Gasteiger partial charge in [0.05, 0.1) is 27.1 Å². The lowest BCUT2D eigenvalue weighted by atomic mass is 10.1. The molecule has 178 valence electrons. The Morgan fingerprint density at radius 1 is 1.18 bits per heavy atom. The standard InChI is InChI=1S/C23H22ClFN4O4S/c24-20-7-6-19(34-20)23(33)27-18-11-28(10-14(18)13-30)12-21(31)26-17-5-4-15(9-16(17)25)29-8-2-1-3-22(29)32/h1-9,14,18,30H,10-13H2,(H,26,31)(H,27,33)/t14-,18+/m1/s1. The molecule has 3 N–H and O–H groups in total. The summed E-state index contributed by atoms with van der Waals surface area (Å²) in [6, 6.07) is 11.7. The van der Waals surface area contributed by atoms with E-state index in [1.165, 1.54) is 29.0 Å². The third kappa shape index (κ3) is 5.53. The van der Waals surface area contributed by atoms with E-state index >= 15 is 0 Å². The summed E-state index contributed by atoms with van der Waals surface area (Å²) in [6.07, 6.45) is 1.53. The first-order chi connectivity index (χ1) is 16.3. The second-order valence-electron chi connectivity index (χ2n) is 7.94. The molecule has 3 heterocycles. The zero-order valence-electron chi connectivity index (χ0n) is 17.9. The molecule has 34 heavy (non-hydrogen) atoms. The number of pyridine rings is 1. The number of halogens is 2. The minimum Gasteiger partial charge on any atom is -0.396 e. The van der Waals surface area contributed by atoms with Gasteiger partial charge in [-0.25, -0.2) is 4.39 Å². The molecule has 2 aromatic heterocycles. The molecule has 0 bridgehead atoms. The summed E-state index contributed by atoms with van der Waals surface area (Å²) in [4.78, 5) is 39.2. The van der Waals surface area contributed by atoms with E-state index in [0.717, 1.165) is 11.3 Å². The molecule has 0 aliphatic carbocycles. The number of aliphatic hydroxyl groups excluding tert-OH is 1. The van der Waals surface area contributed by atoms with Crippen LogP contribution in [0, 0.1) is 11.7 Å². The number of hydrogen-bond donors (Lipinski definition) is 3. The number of benzene rings is 1. The SMILES string of the molecule is O=C(CN1C[C@H](CO)[C@@H](NC(=O)c2ccc(Cl)s2)C1)Nc1ccc(-n2ccccc2=O)cc1F. The van der Waals surface area contributed by atoms with Gasteiger partial charge in [0.25, 0.3) is 11.5 Å². The van der Waals surface area contributed by atoms with Gasteiger partial charge < -0.3 is 15.7 Å². The predicted molar refractivity (Wildman–Crippen MR) is 128 cm³/mol. The Labute approximate surface area is 203 Å². The summed E-state index contributed by atoms with van der Waals surface area (Å²) in [5.74, 6) is -1.63. The van der Waals surface area contributed by atoms with E-state index in [-0.39, 0.29) is 42.3 Å². The van der Waals surface area contributed by atoms with Gasteiger partial charge in [0.1, 0.15) is 5.82 Å². The molecule has 1 aliphatic heterocycles. The number of thiophene rings is 1. The lowest BCUT2D eigenvalue weighted by Gasteiger charge is -2.17. The fourth-order valence-electron chi connectivity index (χ4n) is 3.90. The van der Waals surface area contributed by atoms with Crippen molar-refractivity contribution in [2.75, 3.05) is 31.6 Å². The fraction of sp³-hybridized carbons (Fsp3) is 0.261. The Morgan fingerprint density at radius 2 is 2.00 bits per heavy atom. The number of anilines is 1. The molecule has 0 spiro atoms. The normalized spacial score (nSPS) is 18.1. The highest BCUT2D eigenvalue weighted by Gasteiger charge is 2.34. The number of nitrogens with one attached hydrogen (secondary N) is 2. The lowest BCUT2D eigenvalue weighted by molar-refractivity contribution is -0.117. The Morgan fingerprint density at radius 3 is 2.68 bits per heavy atom. The zero-order valence-corrected chi connectivity index (χ0v) is 19.5. The molecule has 1 fully saturated rings. The highest BCUT2D eigenvalue weighted by Crippen LogP contribution is 2.23. The summed E-state index contributed by atoms with van der Waals surface area (Å²) < 4.78 is 16.4. The van der Waals surface area contributed by atoms with Crippen LogP contribution in [0.5, 0.6) is 0 Å². The Balaban J connectivity index is 1.36. The number of likely N-dealkylation sites (tertiary alicyclic amines) is 1. The van der Waals surface area contributed by atoms with Crippen LogP contribution in [0.2, 0.25) is 4.34 Å². The van der Waals surface area contributed by atoms with Crippen LogP contribution in [0.4, 0.5) is 10.1 Å². The van der Waals surface area contributed by atoms with Gasteiger partial charge in [0.2, 0.25) is 5.91 Å². The molecule has 11 heteroatoms. The second kappa shape index (κ2) is 10.5. The first-order valence-corrected chi connectivity index (χ1v) is 11.7. The largest absolute Gasteiger partial charge is 0.396 e. The number of carbonyl (C=O) groups is 2. The number of amides is 2. The summed E-state index contributed by atoms with van der Waals surface area (Å²) >= 11 is 7.05. The van der Waals surface area contributed by atoms with Crippen molar-refractivity contribution >= 4 is 40.4 Å². The van der Waals surface area contributed by atoms with E-state index in [1.54, 1.807) is 35.2 Å². The van der Waals surface area contributed by atoms with E-state index in [4.69, 9.17) is 11.6 Å². The molecule has 2 atom stereocenters. The maximum absolute atomic E-state index is 14.6. The first kappa shape index (κ1) is 24.1. The average molecular weight is 505 g/mol. The van der Waals surface area contributed by atoms with Gasteiger partial charge in [-0.15, -0.1) is 11.3 Å². The van der Waals surface area contributed by atoms with Gasteiger partial charge in [0, 0.05) is 50.0 Å². The van der Waals surface area contributed by atoms with Gasteiger partial charge in [-0.05, 0) is 30.3 Å². The van der Waals surface area contributed by atoms with Gasteiger partial charge in [-0.3, -0.25) is 23.9 Å². The van der Waals surface area contributed by atoms with E-state index in [2.05, 4.69) is 10.6 Å². The van der Waals surface area contributed by atoms with E-state index in [0.29, 0.717) is 28.0 Å². The molecule has 0 radical (unpaired) electrons. The number of aromatic nitrogens is 1. The number of rotatable bonds is 7. The number of carbonyl (C=O) groups excluding carboxylic acids is 2. The molecule has 4 rings (SSSR count). The van der Waals surface area contributed by atoms with Crippen LogP contribution in [0.1, 0.15) is 9.67 Å². The topological polar surface area (TPSA) is 104 Å². The van der Waals surface area contributed by atoms with Crippen molar-refractivity contribution in [2.24, 2.45) is 5.92 Å². The van der Waals surface area contributed by atoms with Crippen LogP contribution in [-0.2, 0) is 4.79 Å². The van der Waals surface area contributed by atoms with Crippen molar-refractivity contribution in [3.8, 4) is 5.69 Å². The number of hydrogen-bond acceptors (Lipinski definition) is 6. The van der Waals surface area contributed by atoms with Crippen LogP contribution in [0.25, 0.3) is 5.69 Å². The lowest BCUT2D eigenvalue weighted by Crippen LogP contribution is -2.41. The third-order valence-corrected chi connectivity index (χ3v) is 6.79. The minimum absolute atomic E-state index is 0.00457. The van der Waals surface area contributed by atoms with Crippen molar-refractivity contribution in [3.63, 3.8) is 0 Å². The predicted octanol–water partition coefficient (Wildman–Crippen LogP) is 2.35. The third-order valence-electron chi connectivity index (χ3n) is 5.56. The van der Waals surface area contributed by atoms with E-state index in [1.807, 2.05) is 0 Å². The van der Waals surface area contributed by atoms with E-state index < -0.39 is 11.7 Å². The monoisotopic (exact) mass is 504 g/mol. The van der Waals surface area contributed by atoms with Crippen molar-refractivity contribution in [1.29, 1.82) is 0 Å². The maximum Gasteiger partial charge on any atom is 0.261 e. The quantitative estimate of drug-likeness (QED) is 0.458. The summed E-state index contributed by atoms with van der Waals surface area (Å²) in [6.45, 7) is 0.580. The van der Waals surface area contributed by atoms with Gasteiger partial charge >= 0.3 is 0 Å².